The first-order valence-corrected chi connectivity index (χ1v) is 14.1. The smallest absolute Gasteiger partial charge is 0.309 e. The zero-order valence-electron chi connectivity index (χ0n) is 20.8. The number of hydrogen-bond donors (Lipinski definition) is 1. The second-order valence-electron chi connectivity index (χ2n) is 10.1. The highest BCUT2D eigenvalue weighted by Crippen LogP contribution is 2.42. The van der Waals surface area contributed by atoms with Crippen molar-refractivity contribution < 1.29 is 23.1 Å². The largest absolute Gasteiger partial charge is 0.494 e. The fraction of sp³-hybridized carbons (Fsp3) is 0.481. The Morgan fingerprint density at radius 2 is 1.89 bits per heavy atom. The lowest BCUT2D eigenvalue weighted by atomic mass is 9.78. The molecule has 9 heteroatoms. The van der Waals surface area contributed by atoms with Crippen molar-refractivity contribution in [3.8, 4) is 5.75 Å². The summed E-state index contributed by atoms with van der Waals surface area (Å²) >= 11 is 0. The third kappa shape index (κ3) is 4.74. The van der Waals surface area contributed by atoms with Crippen molar-refractivity contribution in [2.45, 2.75) is 56.9 Å². The number of aromatic nitrogens is 2. The van der Waals surface area contributed by atoms with E-state index in [2.05, 4.69) is 0 Å². The summed E-state index contributed by atoms with van der Waals surface area (Å²) in [6.07, 6.45) is 4.36. The van der Waals surface area contributed by atoms with Gasteiger partial charge in [-0.3, -0.25) is 9.48 Å². The van der Waals surface area contributed by atoms with Gasteiger partial charge in [0.15, 0.2) is 0 Å². The molecule has 192 valence electrons. The lowest BCUT2D eigenvalue weighted by Crippen LogP contribution is -2.29. The van der Waals surface area contributed by atoms with Crippen LogP contribution in [0.4, 0.5) is 0 Å². The quantitative estimate of drug-likeness (QED) is 0.456. The fourth-order valence-electron chi connectivity index (χ4n) is 5.54. The average molecular weight is 512 g/mol. The molecule has 1 N–H and O–H groups in total. The number of carboxylic acids is 1. The van der Waals surface area contributed by atoms with Gasteiger partial charge in [-0.25, -0.2) is 8.42 Å². The Morgan fingerprint density at radius 3 is 2.53 bits per heavy atom. The number of aliphatic carboxylic acids is 1. The zero-order chi connectivity index (χ0) is 25.4. The maximum Gasteiger partial charge on any atom is 0.309 e. The first-order valence-electron chi connectivity index (χ1n) is 12.7. The Bertz CT molecular complexity index is 1360. The Kier molecular flexibility index (Phi) is 6.78. The molecule has 2 aromatic carbocycles. The Morgan fingerprint density at radius 1 is 1.14 bits per heavy atom. The van der Waals surface area contributed by atoms with Gasteiger partial charge in [0.05, 0.1) is 35.2 Å². The molecule has 2 heterocycles. The minimum absolute atomic E-state index is 0.106. The summed E-state index contributed by atoms with van der Waals surface area (Å²) < 4.78 is 36.2. The van der Waals surface area contributed by atoms with E-state index >= 15 is 0 Å². The van der Waals surface area contributed by atoms with Gasteiger partial charge in [-0.15, -0.1) is 0 Å². The summed E-state index contributed by atoms with van der Waals surface area (Å²) in [4.78, 5) is 11.8. The van der Waals surface area contributed by atoms with Crippen molar-refractivity contribution in [2.24, 2.45) is 11.8 Å². The van der Waals surface area contributed by atoms with Gasteiger partial charge in [0.25, 0.3) is 0 Å². The summed E-state index contributed by atoms with van der Waals surface area (Å²) in [6.45, 7) is 5.14. The molecule has 1 aliphatic carbocycles. The number of carbonyl (C=O) groups is 1. The Balaban J connectivity index is 1.51. The van der Waals surface area contributed by atoms with Crippen molar-refractivity contribution in [1.82, 2.24) is 14.1 Å². The van der Waals surface area contributed by atoms with Gasteiger partial charge >= 0.3 is 5.97 Å². The van der Waals surface area contributed by atoms with Gasteiger partial charge in [0, 0.05) is 18.5 Å². The molecule has 8 nitrogen and oxygen atoms in total. The maximum absolute atomic E-state index is 13.6. The van der Waals surface area contributed by atoms with E-state index in [0.717, 1.165) is 22.9 Å². The van der Waals surface area contributed by atoms with E-state index in [1.54, 1.807) is 28.6 Å². The highest BCUT2D eigenvalue weighted by atomic mass is 32.2. The van der Waals surface area contributed by atoms with Crippen LogP contribution in [0.5, 0.6) is 5.75 Å². The predicted molar refractivity (Wildman–Crippen MR) is 137 cm³/mol. The topological polar surface area (TPSA) is 102 Å². The molecule has 0 spiro atoms. The SMILES string of the molecule is CCOc1ccc(S(=O)(=O)N2C[C@@H](CC3CCC3)[C@@H](n3nc(CC(=O)O)c4ccc(C)cc43)C2)cc1. The molecule has 0 amide bonds. The van der Waals surface area contributed by atoms with Gasteiger partial charge in [0.2, 0.25) is 10.0 Å². The molecule has 2 atom stereocenters. The highest BCUT2D eigenvalue weighted by Gasteiger charge is 2.42. The number of benzene rings is 2. The van der Waals surface area contributed by atoms with Gasteiger partial charge in [-0.05, 0) is 68.0 Å². The standard InChI is InChI=1S/C27H33N3O5S/c1-3-35-21-8-10-22(11-9-21)36(33,34)29-16-20(14-19-5-4-6-19)26(17-29)30-25-13-18(2)7-12-23(25)24(28-30)15-27(31)32/h7-13,19-20,26H,3-6,14-17H2,1-2H3,(H,31,32)/t20-,26+/m1/s1. The summed E-state index contributed by atoms with van der Waals surface area (Å²) in [7, 11) is -3.70. The molecule has 2 aliphatic rings. The highest BCUT2D eigenvalue weighted by molar-refractivity contribution is 7.89. The Labute approximate surface area is 211 Å². The third-order valence-corrected chi connectivity index (χ3v) is 9.42. The van der Waals surface area contributed by atoms with Crippen LogP contribution in [0, 0.1) is 18.8 Å². The van der Waals surface area contributed by atoms with Gasteiger partial charge in [0.1, 0.15) is 5.75 Å². The van der Waals surface area contributed by atoms with E-state index in [-0.39, 0.29) is 23.3 Å². The molecule has 1 aromatic heterocycles. The van der Waals surface area contributed by atoms with E-state index in [1.807, 2.05) is 36.7 Å². The van der Waals surface area contributed by atoms with Crippen molar-refractivity contribution in [3.05, 3.63) is 53.7 Å². The zero-order valence-corrected chi connectivity index (χ0v) is 21.6. The van der Waals surface area contributed by atoms with Crippen LogP contribution in [0.1, 0.15) is 49.9 Å². The molecule has 0 unspecified atom stereocenters. The molecular weight excluding hydrogens is 478 g/mol. The summed E-state index contributed by atoms with van der Waals surface area (Å²) in [6, 6.07) is 12.3. The van der Waals surface area contributed by atoms with E-state index in [0.29, 0.717) is 37.1 Å². The van der Waals surface area contributed by atoms with Crippen molar-refractivity contribution in [2.75, 3.05) is 19.7 Å². The molecule has 36 heavy (non-hydrogen) atoms. The Hall–Kier alpha value is -2.91. The minimum Gasteiger partial charge on any atom is -0.494 e. The van der Waals surface area contributed by atoms with E-state index in [4.69, 9.17) is 9.84 Å². The average Bonchev–Trinajstić information content (AvgIpc) is 3.38. The third-order valence-electron chi connectivity index (χ3n) is 7.58. The second kappa shape index (κ2) is 9.86. The van der Waals surface area contributed by atoms with Crippen LogP contribution in [-0.2, 0) is 21.2 Å². The fourth-order valence-corrected chi connectivity index (χ4v) is 7.06. The number of carboxylic acid groups (broad SMARTS) is 1. The van der Waals surface area contributed by atoms with Crippen molar-refractivity contribution in [1.29, 1.82) is 0 Å². The van der Waals surface area contributed by atoms with E-state index < -0.39 is 16.0 Å². The van der Waals surface area contributed by atoms with Crippen LogP contribution in [0.3, 0.4) is 0 Å². The van der Waals surface area contributed by atoms with Gasteiger partial charge in [-0.1, -0.05) is 31.4 Å². The summed E-state index contributed by atoms with van der Waals surface area (Å²) in [5, 5.41) is 15.0. The van der Waals surface area contributed by atoms with E-state index in [9.17, 15) is 18.3 Å². The summed E-state index contributed by atoms with van der Waals surface area (Å²) in [5.74, 6) is 0.420. The molecule has 3 aromatic rings. The molecular formula is C27H33N3O5S. The maximum atomic E-state index is 13.6. The predicted octanol–water partition coefficient (Wildman–Crippen LogP) is 4.42. The van der Waals surface area contributed by atoms with Crippen molar-refractivity contribution >= 4 is 26.9 Å². The molecule has 2 fully saturated rings. The van der Waals surface area contributed by atoms with Gasteiger partial charge < -0.3 is 9.84 Å². The number of sulfonamides is 1. The first kappa shape index (κ1) is 24.8. The second-order valence-corrected chi connectivity index (χ2v) is 12.0. The van der Waals surface area contributed by atoms with Crippen LogP contribution >= 0.6 is 0 Å². The molecule has 0 radical (unpaired) electrons. The molecule has 1 saturated carbocycles. The lowest BCUT2D eigenvalue weighted by molar-refractivity contribution is -0.136. The number of nitrogens with zero attached hydrogens (tertiary/aromatic N) is 3. The number of ether oxygens (including phenoxy) is 1. The molecule has 0 bridgehead atoms. The number of rotatable bonds is 9. The minimum atomic E-state index is -3.70. The normalized spacial score (nSPS) is 21.1. The van der Waals surface area contributed by atoms with Crippen LogP contribution in [-0.4, -0.2) is 53.3 Å². The lowest BCUT2D eigenvalue weighted by Gasteiger charge is -2.30. The number of aryl methyl sites for hydroxylation is 1. The van der Waals surface area contributed by atoms with Crippen LogP contribution < -0.4 is 4.74 Å². The number of fused-ring (bicyclic) bond motifs is 1. The van der Waals surface area contributed by atoms with E-state index in [1.165, 1.54) is 19.3 Å². The van der Waals surface area contributed by atoms with Gasteiger partial charge in [-0.2, -0.15) is 9.40 Å². The molecule has 5 rings (SSSR count). The molecule has 1 saturated heterocycles. The van der Waals surface area contributed by atoms with Crippen LogP contribution in [0.25, 0.3) is 10.9 Å². The first-order chi connectivity index (χ1) is 17.3. The van der Waals surface area contributed by atoms with Crippen LogP contribution in [0.2, 0.25) is 0 Å². The summed E-state index contributed by atoms with van der Waals surface area (Å²) in [5.41, 5.74) is 2.45. The number of hydrogen-bond acceptors (Lipinski definition) is 5. The monoisotopic (exact) mass is 511 g/mol. The van der Waals surface area contributed by atoms with Crippen LogP contribution in [0.15, 0.2) is 47.4 Å². The van der Waals surface area contributed by atoms with Crippen molar-refractivity contribution in [3.63, 3.8) is 0 Å². The molecule has 1 aliphatic heterocycles.